The lowest BCUT2D eigenvalue weighted by molar-refractivity contribution is -0.120. The van der Waals surface area contributed by atoms with E-state index in [-0.39, 0.29) is 22.3 Å². The summed E-state index contributed by atoms with van der Waals surface area (Å²) < 4.78 is 51.2. The number of carbonyl (C=O) groups excluding carboxylic acids is 1. The number of carbonyl (C=O) groups is 1. The van der Waals surface area contributed by atoms with Crippen LogP contribution in [0.4, 0.5) is 5.69 Å². The zero-order chi connectivity index (χ0) is 19.8. The van der Waals surface area contributed by atoms with Crippen LogP contribution in [-0.4, -0.2) is 42.2 Å². The summed E-state index contributed by atoms with van der Waals surface area (Å²) in [6, 6.07) is 10.2. The number of hydrogen-bond donors (Lipinski definition) is 1. The molecule has 0 radical (unpaired) electrons. The molecule has 0 fully saturated rings. The van der Waals surface area contributed by atoms with Crippen molar-refractivity contribution in [3.8, 4) is 5.75 Å². The Kier molecular flexibility index (Phi) is 4.98. The summed E-state index contributed by atoms with van der Waals surface area (Å²) in [5.41, 5.74) is 1.36. The molecule has 0 aromatic heterocycles. The number of amides is 1. The predicted octanol–water partition coefficient (Wildman–Crippen LogP) is 0.706. The highest BCUT2D eigenvalue weighted by molar-refractivity contribution is 7.90. The third-order valence-electron chi connectivity index (χ3n) is 4.19. The Balaban J connectivity index is 1.68. The Labute approximate surface area is 157 Å². The molecule has 0 atom stereocenters. The van der Waals surface area contributed by atoms with Crippen molar-refractivity contribution in [1.82, 2.24) is 0 Å². The monoisotopic (exact) mass is 410 g/mol. The largest absolute Gasteiger partial charge is 0.484 e. The van der Waals surface area contributed by atoms with Gasteiger partial charge in [0.2, 0.25) is 10.0 Å². The van der Waals surface area contributed by atoms with Crippen LogP contribution in [-0.2, 0) is 31.1 Å². The number of fused-ring (bicyclic) bond motifs is 1. The van der Waals surface area contributed by atoms with Gasteiger partial charge in [-0.3, -0.25) is 4.79 Å². The van der Waals surface area contributed by atoms with Gasteiger partial charge in [-0.1, -0.05) is 0 Å². The number of sulfone groups is 1. The lowest BCUT2D eigenvalue weighted by Crippen LogP contribution is -2.33. The molecule has 0 saturated heterocycles. The molecular formula is C17H18N2O6S2. The predicted molar refractivity (Wildman–Crippen MR) is 98.9 cm³/mol. The van der Waals surface area contributed by atoms with Crippen LogP contribution in [0, 0.1) is 0 Å². The van der Waals surface area contributed by atoms with E-state index in [2.05, 4.69) is 0 Å². The van der Waals surface area contributed by atoms with Crippen LogP contribution in [0.3, 0.4) is 0 Å². The van der Waals surface area contributed by atoms with Crippen molar-refractivity contribution in [3.63, 3.8) is 0 Å². The van der Waals surface area contributed by atoms with Crippen molar-refractivity contribution < 1.29 is 26.4 Å². The summed E-state index contributed by atoms with van der Waals surface area (Å²) in [6.45, 7) is 0.188. The molecule has 10 heteroatoms. The molecule has 1 amide bonds. The van der Waals surface area contributed by atoms with Gasteiger partial charge in [-0.05, 0) is 54.4 Å². The molecule has 0 aliphatic carbocycles. The second-order valence-corrected chi connectivity index (χ2v) is 9.74. The highest BCUT2D eigenvalue weighted by Gasteiger charge is 2.26. The van der Waals surface area contributed by atoms with Crippen LogP contribution in [0.15, 0.2) is 52.3 Å². The number of anilines is 1. The molecule has 8 nitrogen and oxygen atoms in total. The van der Waals surface area contributed by atoms with E-state index in [4.69, 9.17) is 9.88 Å². The molecule has 3 rings (SSSR count). The third-order valence-corrected chi connectivity index (χ3v) is 6.23. The number of ether oxygens (including phenoxy) is 1. The van der Waals surface area contributed by atoms with E-state index >= 15 is 0 Å². The molecule has 2 N–H and O–H groups in total. The first-order chi connectivity index (χ1) is 12.6. The number of hydrogen-bond acceptors (Lipinski definition) is 6. The standard InChI is InChI=1S/C17H18N2O6S2/c1-26(21,22)14-4-2-13(3-5-14)25-11-17(20)19-9-8-12-10-15(27(18,23)24)6-7-16(12)19/h2-7,10H,8-9,11H2,1H3,(H2,18,23,24). The van der Waals surface area contributed by atoms with Gasteiger partial charge in [0.05, 0.1) is 9.79 Å². The number of sulfonamides is 1. The molecule has 0 unspecified atom stereocenters. The van der Waals surface area contributed by atoms with Crippen LogP contribution < -0.4 is 14.8 Å². The second kappa shape index (κ2) is 6.95. The van der Waals surface area contributed by atoms with Gasteiger partial charge in [0.25, 0.3) is 5.91 Å². The first kappa shape index (κ1) is 19.3. The minimum absolute atomic E-state index is 0.0118. The number of primary sulfonamides is 1. The average molecular weight is 410 g/mol. The van der Waals surface area contributed by atoms with Gasteiger partial charge in [0, 0.05) is 18.5 Å². The number of nitrogens with zero attached hydrogens (tertiary/aromatic N) is 1. The van der Waals surface area contributed by atoms with Gasteiger partial charge in [-0.2, -0.15) is 0 Å². The van der Waals surface area contributed by atoms with Crippen LogP contribution in [0.5, 0.6) is 5.75 Å². The SMILES string of the molecule is CS(=O)(=O)c1ccc(OCC(=O)N2CCc3cc(S(N)(=O)=O)ccc32)cc1. The normalized spacial score (nSPS) is 14.1. The van der Waals surface area contributed by atoms with Gasteiger partial charge >= 0.3 is 0 Å². The number of benzene rings is 2. The Morgan fingerprint density at radius 2 is 1.70 bits per heavy atom. The van der Waals surface area contributed by atoms with Gasteiger partial charge < -0.3 is 9.64 Å². The Morgan fingerprint density at radius 3 is 2.30 bits per heavy atom. The number of nitrogens with two attached hydrogens (primary N) is 1. The van der Waals surface area contributed by atoms with Crippen molar-refractivity contribution in [3.05, 3.63) is 48.0 Å². The third kappa shape index (κ3) is 4.29. The molecular weight excluding hydrogens is 392 g/mol. The van der Waals surface area contributed by atoms with Gasteiger partial charge in [0.15, 0.2) is 16.4 Å². The minimum Gasteiger partial charge on any atom is -0.484 e. The van der Waals surface area contributed by atoms with Gasteiger partial charge in [-0.15, -0.1) is 0 Å². The molecule has 0 bridgehead atoms. The highest BCUT2D eigenvalue weighted by Crippen LogP contribution is 2.30. The van der Waals surface area contributed by atoms with E-state index in [9.17, 15) is 21.6 Å². The smallest absolute Gasteiger partial charge is 0.264 e. The summed E-state index contributed by atoms with van der Waals surface area (Å²) in [6.07, 6.45) is 1.63. The fourth-order valence-electron chi connectivity index (χ4n) is 2.82. The fourth-order valence-corrected chi connectivity index (χ4v) is 4.01. The first-order valence-electron chi connectivity index (χ1n) is 7.95. The molecule has 2 aromatic rings. The van der Waals surface area contributed by atoms with E-state index < -0.39 is 19.9 Å². The van der Waals surface area contributed by atoms with Gasteiger partial charge in [-0.25, -0.2) is 22.0 Å². The van der Waals surface area contributed by atoms with Crippen LogP contribution >= 0.6 is 0 Å². The van der Waals surface area contributed by atoms with Crippen molar-refractivity contribution in [2.75, 3.05) is 24.3 Å². The van der Waals surface area contributed by atoms with Crippen LogP contribution in [0.1, 0.15) is 5.56 Å². The Morgan fingerprint density at radius 1 is 1.07 bits per heavy atom. The summed E-state index contributed by atoms with van der Waals surface area (Å²) >= 11 is 0. The van der Waals surface area contributed by atoms with E-state index in [0.717, 1.165) is 11.8 Å². The van der Waals surface area contributed by atoms with Crippen LogP contribution in [0.25, 0.3) is 0 Å². The van der Waals surface area contributed by atoms with Crippen molar-refractivity contribution in [2.45, 2.75) is 16.2 Å². The zero-order valence-corrected chi connectivity index (χ0v) is 16.1. The lowest BCUT2D eigenvalue weighted by atomic mass is 10.2. The van der Waals surface area contributed by atoms with Crippen molar-refractivity contribution in [2.24, 2.45) is 5.14 Å². The number of rotatable bonds is 5. The molecule has 0 spiro atoms. The van der Waals surface area contributed by atoms with E-state index in [1.807, 2.05) is 0 Å². The lowest BCUT2D eigenvalue weighted by Gasteiger charge is -2.18. The van der Waals surface area contributed by atoms with Crippen molar-refractivity contribution in [1.29, 1.82) is 0 Å². The summed E-state index contributed by atoms with van der Waals surface area (Å²) in [4.78, 5) is 14.2. The molecule has 144 valence electrons. The highest BCUT2D eigenvalue weighted by atomic mass is 32.2. The Bertz CT molecular complexity index is 1090. The molecule has 27 heavy (non-hydrogen) atoms. The maximum Gasteiger partial charge on any atom is 0.264 e. The molecule has 1 aliphatic rings. The quantitative estimate of drug-likeness (QED) is 0.774. The maximum absolute atomic E-state index is 12.5. The second-order valence-electron chi connectivity index (χ2n) is 6.16. The average Bonchev–Trinajstić information content (AvgIpc) is 3.02. The fraction of sp³-hybridized carbons (Fsp3) is 0.235. The molecule has 1 heterocycles. The topological polar surface area (TPSA) is 124 Å². The van der Waals surface area contributed by atoms with Crippen molar-refractivity contribution >= 4 is 31.5 Å². The minimum atomic E-state index is -3.79. The molecule has 0 saturated carbocycles. The zero-order valence-electron chi connectivity index (χ0n) is 14.5. The Hall–Kier alpha value is -2.43. The van der Waals surface area contributed by atoms with Gasteiger partial charge in [0.1, 0.15) is 5.75 Å². The summed E-state index contributed by atoms with van der Waals surface area (Å²) in [7, 11) is -7.09. The molecule has 1 aliphatic heterocycles. The maximum atomic E-state index is 12.5. The van der Waals surface area contributed by atoms with E-state index in [1.54, 1.807) is 6.07 Å². The molecule has 2 aromatic carbocycles. The first-order valence-corrected chi connectivity index (χ1v) is 11.4. The van der Waals surface area contributed by atoms with E-state index in [1.165, 1.54) is 41.3 Å². The van der Waals surface area contributed by atoms with E-state index in [0.29, 0.717) is 24.4 Å². The van der Waals surface area contributed by atoms with Crippen LogP contribution in [0.2, 0.25) is 0 Å². The summed E-state index contributed by atoms with van der Waals surface area (Å²) in [5.74, 6) is 0.0871. The summed E-state index contributed by atoms with van der Waals surface area (Å²) in [5, 5.41) is 5.13.